The number of carbonyl (C=O) groups is 1. The lowest BCUT2D eigenvalue weighted by Gasteiger charge is -2.15. The van der Waals surface area contributed by atoms with Crippen molar-refractivity contribution >= 4 is 29.8 Å². The van der Waals surface area contributed by atoms with Crippen molar-refractivity contribution in [2.45, 2.75) is 56.1 Å². The lowest BCUT2D eigenvalue weighted by atomic mass is 10.0. The first-order valence-corrected chi connectivity index (χ1v) is 9.80. The highest BCUT2D eigenvalue weighted by atomic mass is 32.2. The highest BCUT2D eigenvalue weighted by Crippen LogP contribution is 2.35. The minimum Gasteiger partial charge on any atom is -0.446 e. The van der Waals surface area contributed by atoms with Crippen molar-refractivity contribution in [2.75, 3.05) is 5.32 Å². The first-order chi connectivity index (χ1) is 13.0. The van der Waals surface area contributed by atoms with Gasteiger partial charge >= 0.3 is 6.09 Å². The molecule has 2 aromatic rings. The highest BCUT2D eigenvalue weighted by molar-refractivity contribution is 7.97. The number of hydrogen-bond donors (Lipinski definition) is 3. The molecule has 1 fully saturated rings. The molecule has 0 aromatic carbocycles. The van der Waals surface area contributed by atoms with E-state index in [0.29, 0.717) is 17.7 Å². The minimum atomic E-state index is -0.349. The fraction of sp³-hybridized carbons (Fsp3) is 0.444. The Bertz CT molecular complexity index is 753. The first-order valence-electron chi connectivity index (χ1n) is 8.92. The fourth-order valence-corrected chi connectivity index (χ4v) is 3.28. The van der Waals surface area contributed by atoms with E-state index in [1.165, 1.54) is 0 Å². The lowest BCUT2D eigenvalue weighted by Crippen LogP contribution is -2.33. The Kier molecular flexibility index (Phi) is 6.46. The van der Waals surface area contributed by atoms with Gasteiger partial charge in [0.1, 0.15) is 11.9 Å². The Morgan fingerprint density at radius 2 is 2.00 bits per heavy atom. The van der Waals surface area contributed by atoms with E-state index in [0.717, 1.165) is 41.7 Å². The maximum absolute atomic E-state index is 11.7. The largest absolute Gasteiger partial charge is 0.446 e. The van der Waals surface area contributed by atoms with Crippen LogP contribution in [0, 0.1) is 0 Å². The summed E-state index contributed by atoms with van der Waals surface area (Å²) in [5, 5.41) is 11.3. The van der Waals surface area contributed by atoms with E-state index in [4.69, 9.17) is 9.88 Å². The van der Waals surface area contributed by atoms with E-state index in [2.05, 4.69) is 25.6 Å². The number of rotatable bonds is 6. The van der Waals surface area contributed by atoms with E-state index >= 15 is 0 Å². The van der Waals surface area contributed by atoms with E-state index in [1.54, 1.807) is 6.20 Å². The molecule has 1 saturated carbocycles. The van der Waals surface area contributed by atoms with Gasteiger partial charge in [-0.25, -0.2) is 19.7 Å². The van der Waals surface area contributed by atoms with Crippen LogP contribution in [0.1, 0.15) is 44.6 Å². The zero-order chi connectivity index (χ0) is 19.2. The molecule has 4 N–H and O–H groups in total. The fourth-order valence-electron chi connectivity index (χ4n) is 3.02. The normalized spacial score (nSPS) is 19.1. The predicted octanol–water partition coefficient (Wildman–Crippen LogP) is 3.35. The summed E-state index contributed by atoms with van der Waals surface area (Å²) in [6.07, 6.45) is 7.52. The van der Waals surface area contributed by atoms with E-state index in [-0.39, 0.29) is 18.2 Å². The number of aromatic nitrogens is 3. The quantitative estimate of drug-likeness (QED) is 0.645. The smallest absolute Gasteiger partial charge is 0.407 e. The molecule has 1 aliphatic rings. The van der Waals surface area contributed by atoms with Crippen molar-refractivity contribution in [3.8, 4) is 0 Å². The van der Waals surface area contributed by atoms with Crippen molar-refractivity contribution in [3.63, 3.8) is 0 Å². The van der Waals surface area contributed by atoms with Gasteiger partial charge in [0.25, 0.3) is 0 Å². The van der Waals surface area contributed by atoms with Crippen molar-refractivity contribution in [1.82, 2.24) is 20.3 Å². The Hall–Kier alpha value is -2.39. The number of nitrogens with zero attached hydrogens (tertiary/aromatic N) is 3. The summed E-state index contributed by atoms with van der Waals surface area (Å²) in [5.41, 5.74) is 1.05. The van der Waals surface area contributed by atoms with Crippen molar-refractivity contribution in [2.24, 2.45) is 5.14 Å². The van der Waals surface area contributed by atoms with Crippen molar-refractivity contribution < 1.29 is 9.53 Å². The number of nitrogens with two attached hydrogens (primary N) is 1. The van der Waals surface area contributed by atoms with Crippen LogP contribution in [-0.4, -0.2) is 33.2 Å². The molecule has 2 heterocycles. The number of anilines is 2. The summed E-state index contributed by atoms with van der Waals surface area (Å²) >= 11 is 1.15. The second kappa shape index (κ2) is 9.01. The molecule has 0 saturated heterocycles. The molecule has 2 unspecified atom stereocenters. The summed E-state index contributed by atoms with van der Waals surface area (Å²) in [6, 6.07) is 3.78. The molecule has 1 amide bonds. The van der Waals surface area contributed by atoms with E-state index in [9.17, 15) is 4.79 Å². The molecule has 3 rings (SSSR count). The van der Waals surface area contributed by atoms with Gasteiger partial charge in [0.2, 0.25) is 5.95 Å². The van der Waals surface area contributed by atoms with Gasteiger partial charge in [0.15, 0.2) is 0 Å². The van der Waals surface area contributed by atoms with Crippen LogP contribution < -0.4 is 15.8 Å². The van der Waals surface area contributed by atoms with Gasteiger partial charge in [-0.15, -0.1) is 0 Å². The summed E-state index contributed by atoms with van der Waals surface area (Å²) < 4.78 is 5.47. The van der Waals surface area contributed by atoms with E-state index in [1.807, 2.05) is 38.4 Å². The number of ether oxygens (including phenoxy) is 1. The molecule has 1 aliphatic carbocycles. The molecular weight excluding hydrogens is 364 g/mol. The second-order valence-corrected chi connectivity index (χ2v) is 7.51. The molecule has 27 heavy (non-hydrogen) atoms. The monoisotopic (exact) mass is 388 g/mol. The number of pyridine rings is 1. The maximum atomic E-state index is 11.7. The zero-order valence-corrected chi connectivity index (χ0v) is 16.2. The van der Waals surface area contributed by atoms with Crippen LogP contribution in [0.4, 0.5) is 16.6 Å². The molecule has 0 radical (unpaired) electrons. The average Bonchev–Trinajstić information content (AvgIpc) is 3.10. The molecule has 0 spiro atoms. The standard InChI is InChI=1S/C18H24N6O2S/c1-11(2)23-18(25)26-14-4-3-12(7-14)13-8-21-17(22-9-13)24-16-6-5-15(27-19)10-20-16/h5-6,8-12,14H,3-4,7,19H2,1-2H3,(H,23,25)(H,20,21,22,24). The Labute approximate surface area is 162 Å². The van der Waals surface area contributed by atoms with Crippen LogP contribution >= 0.6 is 11.9 Å². The Balaban J connectivity index is 1.53. The predicted molar refractivity (Wildman–Crippen MR) is 105 cm³/mol. The molecule has 9 heteroatoms. The minimum absolute atomic E-state index is 0.0605. The maximum Gasteiger partial charge on any atom is 0.407 e. The number of amides is 1. The lowest BCUT2D eigenvalue weighted by molar-refractivity contribution is 0.0982. The van der Waals surface area contributed by atoms with Crippen LogP contribution in [0.2, 0.25) is 0 Å². The summed E-state index contributed by atoms with van der Waals surface area (Å²) in [4.78, 5) is 25.6. The first kappa shape index (κ1) is 19.4. The molecule has 8 nitrogen and oxygen atoms in total. The van der Waals surface area contributed by atoms with Crippen LogP contribution in [0.5, 0.6) is 0 Å². The third-order valence-electron chi connectivity index (χ3n) is 4.32. The molecule has 0 bridgehead atoms. The van der Waals surface area contributed by atoms with Crippen LogP contribution in [0.3, 0.4) is 0 Å². The highest BCUT2D eigenvalue weighted by Gasteiger charge is 2.29. The Morgan fingerprint density at radius 3 is 2.63 bits per heavy atom. The number of nitrogens with one attached hydrogen (secondary N) is 2. The zero-order valence-electron chi connectivity index (χ0n) is 15.4. The number of carbonyl (C=O) groups excluding carboxylic acids is 1. The van der Waals surface area contributed by atoms with Gasteiger partial charge in [-0.2, -0.15) is 0 Å². The summed E-state index contributed by atoms with van der Waals surface area (Å²) in [5.74, 6) is 1.45. The number of hydrogen-bond acceptors (Lipinski definition) is 8. The third kappa shape index (κ3) is 5.54. The van der Waals surface area contributed by atoms with Crippen LogP contribution in [-0.2, 0) is 4.74 Å². The van der Waals surface area contributed by atoms with Crippen LogP contribution in [0.15, 0.2) is 35.6 Å². The van der Waals surface area contributed by atoms with Gasteiger partial charge in [0.05, 0.1) is 0 Å². The van der Waals surface area contributed by atoms with Crippen molar-refractivity contribution in [1.29, 1.82) is 0 Å². The molecule has 2 atom stereocenters. The third-order valence-corrected chi connectivity index (χ3v) is 4.83. The summed E-state index contributed by atoms with van der Waals surface area (Å²) in [6.45, 7) is 3.82. The second-order valence-electron chi connectivity index (χ2n) is 6.80. The van der Waals surface area contributed by atoms with Gasteiger partial charge in [-0.05, 0) is 68.7 Å². The van der Waals surface area contributed by atoms with E-state index < -0.39 is 0 Å². The van der Waals surface area contributed by atoms with Gasteiger partial charge in [0, 0.05) is 29.5 Å². The van der Waals surface area contributed by atoms with Crippen LogP contribution in [0.25, 0.3) is 0 Å². The SMILES string of the molecule is CC(C)NC(=O)OC1CCC(c2cnc(Nc3ccc(SN)cn3)nc2)C1. The summed E-state index contributed by atoms with van der Waals surface area (Å²) in [7, 11) is 0. The Morgan fingerprint density at radius 1 is 1.22 bits per heavy atom. The molecule has 0 aliphatic heterocycles. The molecule has 2 aromatic heterocycles. The van der Waals surface area contributed by atoms with Gasteiger partial charge < -0.3 is 15.4 Å². The topological polar surface area (TPSA) is 115 Å². The number of alkyl carbamates (subject to hydrolysis) is 1. The van der Waals surface area contributed by atoms with Gasteiger partial charge in [-0.3, -0.25) is 5.14 Å². The van der Waals surface area contributed by atoms with Gasteiger partial charge in [-0.1, -0.05) is 0 Å². The molecular formula is C18H24N6O2S. The average molecular weight is 388 g/mol. The van der Waals surface area contributed by atoms with Crippen molar-refractivity contribution in [3.05, 3.63) is 36.3 Å². The molecule has 144 valence electrons.